The fourth-order valence-electron chi connectivity index (χ4n) is 2.05. The first-order valence-corrected chi connectivity index (χ1v) is 5.82. The van der Waals surface area contributed by atoms with Gasteiger partial charge in [-0.3, -0.25) is 4.90 Å². The van der Waals surface area contributed by atoms with Gasteiger partial charge in [-0.05, 0) is 12.5 Å². The second-order valence-corrected chi connectivity index (χ2v) is 4.30. The third kappa shape index (κ3) is 2.61. The van der Waals surface area contributed by atoms with E-state index in [0.29, 0.717) is 0 Å². The predicted molar refractivity (Wildman–Crippen MR) is 63.3 cm³/mol. The molecule has 1 heterocycles. The zero-order valence-corrected chi connectivity index (χ0v) is 9.67. The molecule has 0 aliphatic carbocycles. The topological polar surface area (TPSA) is 32.7 Å². The minimum Gasteiger partial charge on any atom is -0.395 e. The number of aliphatic hydroxyl groups is 1. The van der Waals surface area contributed by atoms with Crippen LogP contribution in [0.3, 0.4) is 0 Å². The van der Waals surface area contributed by atoms with Gasteiger partial charge in [-0.15, -0.1) is 0 Å². The molecular weight excluding hydrogens is 202 g/mol. The number of ether oxygens (including phenoxy) is 1. The van der Waals surface area contributed by atoms with Gasteiger partial charge >= 0.3 is 0 Å². The van der Waals surface area contributed by atoms with Crippen LogP contribution in [0.25, 0.3) is 0 Å². The summed E-state index contributed by atoms with van der Waals surface area (Å²) in [6.45, 7) is 4.77. The Balaban J connectivity index is 2.02. The van der Waals surface area contributed by atoms with E-state index in [1.807, 2.05) is 25.1 Å². The van der Waals surface area contributed by atoms with Crippen LogP contribution in [0, 0.1) is 0 Å². The quantitative estimate of drug-likeness (QED) is 0.838. The van der Waals surface area contributed by atoms with Gasteiger partial charge in [0, 0.05) is 19.1 Å². The molecule has 3 nitrogen and oxygen atoms in total. The summed E-state index contributed by atoms with van der Waals surface area (Å²) in [6, 6.07) is 10.5. The van der Waals surface area contributed by atoms with Gasteiger partial charge in [0.05, 0.1) is 19.3 Å². The van der Waals surface area contributed by atoms with Crippen molar-refractivity contribution in [2.24, 2.45) is 0 Å². The summed E-state index contributed by atoms with van der Waals surface area (Å²) in [5.74, 6) is 0. The number of benzene rings is 1. The standard InChI is InChI=1S/C13H19NO2/c1-11(10-15)14-7-8-16-13(9-14)12-5-3-2-4-6-12/h2-6,11,13,15H,7-10H2,1H3. The summed E-state index contributed by atoms with van der Waals surface area (Å²) in [7, 11) is 0. The van der Waals surface area contributed by atoms with Crippen LogP contribution in [0.5, 0.6) is 0 Å². The third-order valence-corrected chi connectivity index (χ3v) is 3.16. The Labute approximate surface area is 96.6 Å². The van der Waals surface area contributed by atoms with E-state index in [1.165, 1.54) is 5.56 Å². The van der Waals surface area contributed by atoms with Crippen LogP contribution in [0.1, 0.15) is 18.6 Å². The van der Waals surface area contributed by atoms with E-state index in [1.54, 1.807) is 0 Å². The smallest absolute Gasteiger partial charge is 0.0952 e. The Morgan fingerprint density at radius 2 is 2.19 bits per heavy atom. The molecule has 0 aromatic heterocycles. The lowest BCUT2D eigenvalue weighted by molar-refractivity contribution is -0.0492. The minimum atomic E-state index is 0.143. The molecule has 0 bridgehead atoms. The highest BCUT2D eigenvalue weighted by atomic mass is 16.5. The van der Waals surface area contributed by atoms with Gasteiger partial charge in [0.2, 0.25) is 0 Å². The summed E-state index contributed by atoms with van der Waals surface area (Å²) in [5.41, 5.74) is 1.22. The lowest BCUT2D eigenvalue weighted by atomic mass is 10.1. The first-order chi connectivity index (χ1) is 7.81. The lowest BCUT2D eigenvalue weighted by Gasteiger charge is -2.36. The van der Waals surface area contributed by atoms with E-state index in [0.717, 1.165) is 19.7 Å². The molecule has 2 unspecified atom stereocenters. The zero-order chi connectivity index (χ0) is 11.4. The van der Waals surface area contributed by atoms with Crippen LogP contribution < -0.4 is 0 Å². The number of morpholine rings is 1. The second kappa shape index (κ2) is 5.43. The van der Waals surface area contributed by atoms with E-state index >= 15 is 0 Å². The average molecular weight is 221 g/mol. The van der Waals surface area contributed by atoms with Crippen molar-refractivity contribution in [1.82, 2.24) is 4.90 Å². The van der Waals surface area contributed by atoms with Crippen molar-refractivity contribution < 1.29 is 9.84 Å². The number of nitrogens with zero attached hydrogens (tertiary/aromatic N) is 1. The van der Waals surface area contributed by atoms with Gasteiger partial charge in [-0.1, -0.05) is 30.3 Å². The lowest BCUT2D eigenvalue weighted by Crippen LogP contribution is -2.44. The van der Waals surface area contributed by atoms with Gasteiger partial charge in [-0.25, -0.2) is 0 Å². The van der Waals surface area contributed by atoms with Crippen molar-refractivity contribution in [3.63, 3.8) is 0 Å². The van der Waals surface area contributed by atoms with E-state index in [4.69, 9.17) is 9.84 Å². The molecule has 1 aromatic rings. The number of rotatable bonds is 3. The monoisotopic (exact) mass is 221 g/mol. The van der Waals surface area contributed by atoms with Crippen molar-refractivity contribution in [2.45, 2.75) is 19.1 Å². The van der Waals surface area contributed by atoms with Gasteiger partial charge < -0.3 is 9.84 Å². The second-order valence-electron chi connectivity index (χ2n) is 4.30. The third-order valence-electron chi connectivity index (χ3n) is 3.16. The summed E-state index contributed by atoms with van der Waals surface area (Å²) in [4.78, 5) is 2.28. The van der Waals surface area contributed by atoms with Gasteiger partial charge in [-0.2, -0.15) is 0 Å². The molecule has 0 radical (unpaired) electrons. The molecule has 3 heteroatoms. The number of hydrogen-bond acceptors (Lipinski definition) is 3. The average Bonchev–Trinajstić information content (AvgIpc) is 2.39. The van der Waals surface area contributed by atoms with Gasteiger partial charge in [0.1, 0.15) is 0 Å². The van der Waals surface area contributed by atoms with Crippen molar-refractivity contribution in [3.8, 4) is 0 Å². The zero-order valence-electron chi connectivity index (χ0n) is 9.67. The minimum absolute atomic E-state index is 0.143. The number of aliphatic hydroxyl groups excluding tert-OH is 1. The Bertz CT molecular complexity index is 315. The maximum atomic E-state index is 9.16. The Morgan fingerprint density at radius 3 is 2.88 bits per heavy atom. The molecule has 2 rings (SSSR count). The highest BCUT2D eigenvalue weighted by Gasteiger charge is 2.24. The molecule has 2 atom stereocenters. The fraction of sp³-hybridized carbons (Fsp3) is 0.538. The van der Waals surface area contributed by atoms with Crippen LogP contribution in [0.2, 0.25) is 0 Å². The van der Waals surface area contributed by atoms with Crippen LogP contribution in [0.4, 0.5) is 0 Å². The molecule has 16 heavy (non-hydrogen) atoms. The van der Waals surface area contributed by atoms with E-state index in [2.05, 4.69) is 17.0 Å². The van der Waals surface area contributed by atoms with Crippen LogP contribution in [-0.4, -0.2) is 42.4 Å². The Hall–Kier alpha value is -0.900. The first kappa shape index (κ1) is 11.6. The SMILES string of the molecule is CC(CO)N1CCOC(c2ccccc2)C1. The van der Waals surface area contributed by atoms with Gasteiger partial charge in [0.25, 0.3) is 0 Å². The highest BCUT2D eigenvalue weighted by Crippen LogP contribution is 2.22. The molecule has 0 amide bonds. The van der Waals surface area contributed by atoms with Crippen molar-refractivity contribution >= 4 is 0 Å². The van der Waals surface area contributed by atoms with Crippen molar-refractivity contribution in [1.29, 1.82) is 0 Å². The molecule has 88 valence electrons. The highest BCUT2D eigenvalue weighted by molar-refractivity contribution is 5.18. The molecule has 1 N–H and O–H groups in total. The largest absolute Gasteiger partial charge is 0.395 e. The molecule has 1 saturated heterocycles. The Morgan fingerprint density at radius 1 is 1.44 bits per heavy atom. The Kier molecular flexibility index (Phi) is 3.93. The van der Waals surface area contributed by atoms with Crippen LogP contribution in [-0.2, 0) is 4.74 Å². The summed E-state index contributed by atoms with van der Waals surface area (Å²) < 4.78 is 5.77. The predicted octanol–water partition coefficient (Wildman–Crippen LogP) is 1.44. The molecule has 0 saturated carbocycles. The number of hydrogen-bond donors (Lipinski definition) is 1. The molecule has 0 spiro atoms. The first-order valence-electron chi connectivity index (χ1n) is 5.82. The van der Waals surface area contributed by atoms with Crippen LogP contribution in [0.15, 0.2) is 30.3 Å². The molecule has 1 aliphatic rings. The normalized spacial score (nSPS) is 24.2. The summed E-state index contributed by atoms with van der Waals surface area (Å²) in [6.07, 6.45) is 0.143. The molecule has 1 fully saturated rings. The maximum absolute atomic E-state index is 9.16. The fourth-order valence-corrected chi connectivity index (χ4v) is 2.05. The van der Waals surface area contributed by atoms with Crippen molar-refractivity contribution in [3.05, 3.63) is 35.9 Å². The van der Waals surface area contributed by atoms with Crippen molar-refractivity contribution in [2.75, 3.05) is 26.3 Å². The van der Waals surface area contributed by atoms with Crippen LogP contribution >= 0.6 is 0 Å². The summed E-state index contributed by atoms with van der Waals surface area (Å²) >= 11 is 0. The molecule has 1 aliphatic heterocycles. The van der Waals surface area contributed by atoms with Gasteiger partial charge in [0.15, 0.2) is 0 Å². The summed E-state index contributed by atoms with van der Waals surface area (Å²) in [5, 5.41) is 9.16. The van der Waals surface area contributed by atoms with E-state index in [9.17, 15) is 0 Å². The molecular formula is C13H19NO2. The van der Waals surface area contributed by atoms with E-state index < -0.39 is 0 Å². The molecule has 1 aromatic carbocycles. The maximum Gasteiger partial charge on any atom is 0.0952 e. The van der Waals surface area contributed by atoms with E-state index in [-0.39, 0.29) is 18.8 Å².